The predicted octanol–water partition coefficient (Wildman–Crippen LogP) is 1.57. The summed E-state index contributed by atoms with van der Waals surface area (Å²) in [7, 11) is 0. The van der Waals surface area contributed by atoms with Crippen molar-refractivity contribution >= 4 is 0 Å². The monoisotopic (exact) mass is 248 g/mol. The third-order valence-electron chi connectivity index (χ3n) is 2.53. The fraction of sp³-hybridized carbons (Fsp3) is 1.00. The summed E-state index contributed by atoms with van der Waals surface area (Å²) in [5, 5.41) is 9.58. The Morgan fingerprint density at radius 2 is 2.08 bits per heavy atom. The van der Waals surface area contributed by atoms with Crippen LogP contribution in [0.4, 0.5) is 0 Å². The van der Waals surface area contributed by atoms with E-state index in [9.17, 15) is 5.11 Å². The maximum absolute atomic E-state index is 9.58. The average Bonchev–Trinajstić information content (AvgIpc) is 2.62. The van der Waals surface area contributed by atoms with E-state index in [0.29, 0.717) is 12.0 Å². The Morgan fingerprint density at radius 1 is 1.58 bits per heavy atom. The second kappa shape index (κ2) is 4.88. The Labute approximate surface area is 93.8 Å². The first-order valence-corrected chi connectivity index (χ1v) is 4.34. The topological polar surface area (TPSA) is 32.8 Å². The molecule has 0 saturated carbocycles. The largest absolute Gasteiger partial charge is 0.390 e. The number of ether oxygens (including phenoxy) is 1. The molecule has 0 spiro atoms. The van der Waals surface area contributed by atoms with Gasteiger partial charge in [-0.3, -0.25) is 0 Å². The molecule has 2 unspecified atom stereocenters. The Kier molecular flexibility index (Phi) is 5.21. The number of rotatable bonds is 4. The normalized spacial score (nSPS) is 24.5. The minimum Gasteiger partial charge on any atom is -0.390 e. The zero-order chi connectivity index (χ0) is 8.48. The molecule has 70 valence electrons. The molecule has 0 aliphatic carbocycles. The van der Waals surface area contributed by atoms with Crippen LogP contribution in [0.25, 0.3) is 0 Å². The summed E-state index contributed by atoms with van der Waals surface area (Å²) >= 11 is 0. The van der Waals surface area contributed by atoms with E-state index in [1.165, 1.54) is 0 Å². The fourth-order valence-electron chi connectivity index (χ4n) is 1.02. The molecular weight excluding hydrogens is 231 g/mol. The van der Waals surface area contributed by atoms with Crippen LogP contribution in [-0.2, 0) is 30.9 Å². The van der Waals surface area contributed by atoms with Gasteiger partial charge in [0.1, 0.15) is 0 Å². The third-order valence-corrected chi connectivity index (χ3v) is 2.53. The van der Waals surface area contributed by atoms with Crippen LogP contribution in [0.1, 0.15) is 33.6 Å². The van der Waals surface area contributed by atoms with Crippen LogP contribution in [0.5, 0.6) is 0 Å². The number of hydrogen-bond acceptors (Lipinski definition) is 2. The summed E-state index contributed by atoms with van der Waals surface area (Å²) in [5.41, 5.74) is -0.533. The van der Waals surface area contributed by atoms with Crippen molar-refractivity contribution < 1.29 is 36.0 Å². The molecule has 1 saturated heterocycles. The number of aliphatic hydroxyl groups is 1. The quantitative estimate of drug-likeness (QED) is 0.767. The summed E-state index contributed by atoms with van der Waals surface area (Å²) in [4.78, 5) is 0. The Hall–Kier alpha value is 0.803. The molecule has 3 heteroatoms. The summed E-state index contributed by atoms with van der Waals surface area (Å²) < 4.78 is 5.09. The third kappa shape index (κ3) is 4.74. The summed E-state index contributed by atoms with van der Waals surface area (Å²) in [6.45, 7) is 6.75. The summed E-state index contributed by atoms with van der Waals surface area (Å²) in [6, 6.07) is 0. The zero-order valence-corrected chi connectivity index (χ0v) is 10.6. The Morgan fingerprint density at radius 3 is 2.42 bits per heavy atom. The first-order chi connectivity index (χ1) is 5.00. The van der Waals surface area contributed by atoms with Crippen molar-refractivity contribution in [1.29, 1.82) is 0 Å². The molecule has 1 heterocycles. The minimum atomic E-state index is -0.533. The molecule has 0 aromatic heterocycles. The predicted molar refractivity (Wildman–Crippen MR) is 44.4 cm³/mol. The van der Waals surface area contributed by atoms with Gasteiger partial charge in [-0.2, -0.15) is 0 Å². The SMILES string of the molecule is CC(CCC1CO1)C(C)(C)O.[Zr]. The average molecular weight is 249 g/mol. The maximum Gasteiger partial charge on any atom is 0.0810 e. The molecule has 1 aliphatic heterocycles. The van der Waals surface area contributed by atoms with Gasteiger partial charge in [-0.15, -0.1) is 0 Å². The van der Waals surface area contributed by atoms with Crippen molar-refractivity contribution in [3.05, 3.63) is 0 Å². The van der Waals surface area contributed by atoms with Gasteiger partial charge in [0, 0.05) is 26.2 Å². The van der Waals surface area contributed by atoms with Crippen LogP contribution in [-0.4, -0.2) is 23.4 Å². The Balaban J connectivity index is 0.00000121. The van der Waals surface area contributed by atoms with Crippen LogP contribution < -0.4 is 0 Å². The molecule has 1 rings (SSSR count). The van der Waals surface area contributed by atoms with Gasteiger partial charge >= 0.3 is 0 Å². The van der Waals surface area contributed by atoms with Crippen molar-refractivity contribution in [3.8, 4) is 0 Å². The van der Waals surface area contributed by atoms with Gasteiger partial charge in [-0.25, -0.2) is 0 Å². The van der Waals surface area contributed by atoms with E-state index in [4.69, 9.17) is 4.74 Å². The molecule has 0 bridgehead atoms. The van der Waals surface area contributed by atoms with Crippen LogP contribution in [0.3, 0.4) is 0 Å². The smallest absolute Gasteiger partial charge is 0.0810 e. The maximum atomic E-state index is 9.58. The number of epoxide rings is 1. The van der Waals surface area contributed by atoms with Crippen molar-refractivity contribution in [2.45, 2.75) is 45.3 Å². The molecule has 1 N–H and O–H groups in total. The fourth-order valence-corrected chi connectivity index (χ4v) is 1.02. The van der Waals surface area contributed by atoms with Crippen LogP contribution >= 0.6 is 0 Å². The van der Waals surface area contributed by atoms with E-state index >= 15 is 0 Å². The van der Waals surface area contributed by atoms with E-state index in [-0.39, 0.29) is 26.2 Å². The van der Waals surface area contributed by atoms with Gasteiger partial charge in [0.25, 0.3) is 0 Å². The second-order valence-electron chi connectivity index (χ2n) is 4.09. The number of hydrogen-bond donors (Lipinski definition) is 1. The van der Waals surface area contributed by atoms with E-state index in [0.717, 1.165) is 19.4 Å². The van der Waals surface area contributed by atoms with Gasteiger partial charge < -0.3 is 9.84 Å². The standard InChI is InChI=1S/C9H18O2.Zr/c1-7(9(2,3)10)4-5-8-6-11-8;/h7-8,10H,4-6H2,1-3H3;. The zero-order valence-electron chi connectivity index (χ0n) is 8.13. The second-order valence-corrected chi connectivity index (χ2v) is 4.09. The van der Waals surface area contributed by atoms with Crippen LogP contribution in [0, 0.1) is 5.92 Å². The minimum absolute atomic E-state index is 0. The molecule has 0 aromatic carbocycles. The molecule has 1 aliphatic rings. The first-order valence-electron chi connectivity index (χ1n) is 4.34. The summed E-state index contributed by atoms with van der Waals surface area (Å²) in [6.07, 6.45) is 2.67. The van der Waals surface area contributed by atoms with Crippen molar-refractivity contribution in [1.82, 2.24) is 0 Å². The molecule has 2 atom stereocenters. The molecule has 12 heavy (non-hydrogen) atoms. The molecule has 0 radical (unpaired) electrons. The van der Waals surface area contributed by atoms with E-state index in [2.05, 4.69) is 6.92 Å². The van der Waals surface area contributed by atoms with Gasteiger partial charge in [-0.1, -0.05) is 6.92 Å². The van der Waals surface area contributed by atoms with Crippen molar-refractivity contribution in [2.75, 3.05) is 6.61 Å². The first kappa shape index (κ1) is 12.8. The molecule has 1 fully saturated rings. The summed E-state index contributed by atoms with van der Waals surface area (Å²) in [5.74, 6) is 0.367. The van der Waals surface area contributed by atoms with E-state index in [1.807, 2.05) is 13.8 Å². The van der Waals surface area contributed by atoms with Gasteiger partial charge in [0.2, 0.25) is 0 Å². The molecule has 0 aromatic rings. The van der Waals surface area contributed by atoms with E-state index in [1.54, 1.807) is 0 Å². The van der Waals surface area contributed by atoms with Gasteiger partial charge in [0.05, 0.1) is 18.3 Å². The molecule has 0 amide bonds. The van der Waals surface area contributed by atoms with Crippen LogP contribution in [0.2, 0.25) is 0 Å². The molecule has 2 nitrogen and oxygen atoms in total. The molecular formula is C9H18O2Zr. The van der Waals surface area contributed by atoms with Crippen molar-refractivity contribution in [3.63, 3.8) is 0 Å². The van der Waals surface area contributed by atoms with Crippen LogP contribution in [0.15, 0.2) is 0 Å². The van der Waals surface area contributed by atoms with Gasteiger partial charge in [0.15, 0.2) is 0 Å². The van der Waals surface area contributed by atoms with Gasteiger partial charge in [-0.05, 0) is 32.6 Å². The van der Waals surface area contributed by atoms with Crippen molar-refractivity contribution in [2.24, 2.45) is 5.92 Å². The Bertz CT molecular complexity index is 127. The van der Waals surface area contributed by atoms with E-state index < -0.39 is 5.60 Å².